The molecule has 0 heterocycles. The maximum Gasteiger partial charge on any atom is 0.326 e. The van der Waals surface area contributed by atoms with Crippen LogP contribution in [0, 0.1) is 17.8 Å². The van der Waals surface area contributed by atoms with E-state index in [1.54, 1.807) is 11.8 Å². The number of carbonyl (C=O) groups excluding carboxylic acids is 1. The average Bonchev–Trinajstić information content (AvgIpc) is 3.26. The molecule has 0 spiro atoms. The molecule has 114 valence electrons. The monoisotopic (exact) mass is 300 g/mol. The van der Waals surface area contributed by atoms with Gasteiger partial charge in [0.05, 0.1) is 0 Å². The standard InChI is InChI=1S/C14H24N2O3S/c1-20-7-6-12(13(17)18)16-14(19)15-8-11(9-2-3-9)10-4-5-10/h9-12H,2-8H2,1H3,(H,17,18)(H2,15,16,19)/t12-/m0/s1. The molecule has 2 aliphatic rings. The van der Waals surface area contributed by atoms with Gasteiger partial charge >= 0.3 is 12.0 Å². The van der Waals surface area contributed by atoms with Crippen LogP contribution in [0.3, 0.4) is 0 Å². The lowest BCUT2D eigenvalue weighted by Crippen LogP contribution is -2.47. The van der Waals surface area contributed by atoms with Crippen molar-refractivity contribution in [3.8, 4) is 0 Å². The summed E-state index contributed by atoms with van der Waals surface area (Å²) >= 11 is 1.58. The summed E-state index contributed by atoms with van der Waals surface area (Å²) in [5, 5.41) is 14.5. The van der Waals surface area contributed by atoms with Crippen molar-refractivity contribution < 1.29 is 14.7 Å². The fourth-order valence-electron chi connectivity index (χ4n) is 2.68. The highest BCUT2D eigenvalue weighted by Gasteiger charge is 2.41. The molecular formula is C14H24N2O3S. The van der Waals surface area contributed by atoms with Crippen molar-refractivity contribution in [2.75, 3.05) is 18.6 Å². The van der Waals surface area contributed by atoms with Crippen LogP contribution < -0.4 is 10.6 Å². The first kappa shape index (κ1) is 15.5. The Labute approximate surface area is 124 Å². The molecule has 2 amide bonds. The van der Waals surface area contributed by atoms with E-state index in [0.717, 1.165) is 17.6 Å². The Bertz CT molecular complexity index is 344. The van der Waals surface area contributed by atoms with Gasteiger partial charge in [0, 0.05) is 6.54 Å². The first-order valence-corrected chi connectivity index (χ1v) is 8.77. The fourth-order valence-corrected chi connectivity index (χ4v) is 3.15. The predicted octanol–water partition coefficient (Wildman–Crippen LogP) is 1.93. The summed E-state index contributed by atoms with van der Waals surface area (Å²) in [6, 6.07) is -1.13. The molecular weight excluding hydrogens is 276 g/mol. The number of urea groups is 1. The zero-order chi connectivity index (χ0) is 14.5. The molecule has 2 saturated carbocycles. The van der Waals surface area contributed by atoms with Crippen LogP contribution in [0.1, 0.15) is 32.1 Å². The van der Waals surface area contributed by atoms with Crippen LogP contribution in [0.25, 0.3) is 0 Å². The Balaban J connectivity index is 1.71. The molecule has 0 aromatic carbocycles. The predicted molar refractivity (Wildman–Crippen MR) is 79.9 cm³/mol. The van der Waals surface area contributed by atoms with Gasteiger partial charge in [0.25, 0.3) is 0 Å². The minimum Gasteiger partial charge on any atom is -0.480 e. The van der Waals surface area contributed by atoms with Gasteiger partial charge in [-0.1, -0.05) is 0 Å². The van der Waals surface area contributed by atoms with Crippen molar-refractivity contribution in [1.82, 2.24) is 10.6 Å². The average molecular weight is 300 g/mol. The number of hydrogen-bond donors (Lipinski definition) is 3. The molecule has 2 aliphatic carbocycles. The van der Waals surface area contributed by atoms with Crippen LogP contribution in [-0.2, 0) is 4.79 Å². The minimum absolute atomic E-state index is 0.343. The maximum absolute atomic E-state index is 11.8. The number of thioether (sulfide) groups is 1. The molecule has 1 atom stereocenters. The van der Waals surface area contributed by atoms with Crippen molar-refractivity contribution in [2.45, 2.75) is 38.1 Å². The lowest BCUT2D eigenvalue weighted by Gasteiger charge is -2.18. The van der Waals surface area contributed by atoms with E-state index < -0.39 is 12.0 Å². The Morgan fingerprint density at radius 1 is 1.25 bits per heavy atom. The Kier molecular flexibility index (Phi) is 5.57. The second-order valence-electron chi connectivity index (χ2n) is 5.87. The highest BCUT2D eigenvalue weighted by atomic mass is 32.2. The van der Waals surface area contributed by atoms with E-state index in [4.69, 9.17) is 5.11 Å². The third-order valence-corrected chi connectivity index (χ3v) is 4.81. The molecule has 0 unspecified atom stereocenters. The van der Waals surface area contributed by atoms with Crippen molar-refractivity contribution in [3.05, 3.63) is 0 Å². The van der Waals surface area contributed by atoms with E-state index in [9.17, 15) is 9.59 Å². The number of carboxylic acid groups (broad SMARTS) is 1. The van der Waals surface area contributed by atoms with Gasteiger partial charge in [-0.3, -0.25) is 0 Å². The SMILES string of the molecule is CSCC[C@H](NC(=O)NCC(C1CC1)C1CC1)C(=O)O. The highest BCUT2D eigenvalue weighted by molar-refractivity contribution is 7.98. The number of hydrogen-bond acceptors (Lipinski definition) is 3. The van der Waals surface area contributed by atoms with Gasteiger partial charge in [0.2, 0.25) is 0 Å². The van der Waals surface area contributed by atoms with Gasteiger partial charge in [-0.2, -0.15) is 11.8 Å². The van der Waals surface area contributed by atoms with E-state index in [1.165, 1.54) is 25.7 Å². The van der Waals surface area contributed by atoms with Crippen molar-refractivity contribution in [1.29, 1.82) is 0 Å². The lowest BCUT2D eigenvalue weighted by atomic mass is 9.98. The summed E-state index contributed by atoms with van der Waals surface area (Å²) in [5.74, 6) is 1.94. The molecule has 0 bridgehead atoms. The second-order valence-corrected chi connectivity index (χ2v) is 6.85. The Morgan fingerprint density at radius 3 is 2.30 bits per heavy atom. The number of carbonyl (C=O) groups is 2. The zero-order valence-corrected chi connectivity index (χ0v) is 12.7. The van der Waals surface area contributed by atoms with Gasteiger partial charge in [0.1, 0.15) is 6.04 Å². The van der Waals surface area contributed by atoms with E-state index in [0.29, 0.717) is 18.9 Å². The van der Waals surface area contributed by atoms with Crippen LogP contribution in [0.15, 0.2) is 0 Å². The second kappa shape index (κ2) is 7.20. The number of nitrogens with one attached hydrogen (secondary N) is 2. The van der Waals surface area contributed by atoms with Crippen LogP contribution in [-0.4, -0.2) is 41.7 Å². The molecule has 5 nitrogen and oxygen atoms in total. The molecule has 0 aromatic rings. The summed E-state index contributed by atoms with van der Waals surface area (Å²) in [7, 11) is 0. The van der Waals surface area contributed by atoms with E-state index in [-0.39, 0.29) is 6.03 Å². The number of aliphatic carboxylic acids is 1. The summed E-state index contributed by atoms with van der Waals surface area (Å²) in [5.41, 5.74) is 0. The van der Waals surface area contributed by atoms with Crippen LogP contribution >= 0.6 is 11.8 Å². The first-order chi connectivity index (χ1) is 9.61. The summed E-state index contributed by atoms with van der Waals surface area (Å²) in [6.07, 6.45) is 7.53. The van der Waals surface area contributed by atoms with Gasteiger partial charge in [0.15, 0.2) is 0 Å². The molecule has 0 aromatic heterocycles. The number of carboxylic acids is 1. The largest absolute Gasteiger partial charge is 0.480 e. The molecule has 2 fully saturated rings. The first-order valence-electron chi connectivity index (χ1n) is 7.38. The van der Waals surface area contributed by atoms with Crippen LogP contribution in [0.5, 0.6) is 0 Å². The van der Waals surface area contributed by atoms with Gasteiger partial charge in [-0.15, -0.1) is 0 Å². The Morgan fingerprint density at radius 2 is 1.85 bits per heavy atom. The maximum atomic E-state index is 11.8. The Hall–Kier alpha value is -0.910. The third kappa shape index (κ3) is 4.89. The van der Waals surface area contributed by atoms with E-state index in [2.05, 4.69) is 10.6 Å². The van der Waals surface area contributed by atoms with Crippen molar-refractivity contribution in [2.24, 2.45) is 17.8 Å². The fraction of sp³-hybridized carbons (Fsp3) is 0.857. The quantitative estimate of drug-likeness (QED) is 0.608. The molecule has 0 radical (unpaired) electrons. The van der Waals surface area contributed by atoms with E-state index in [1.807, 2.05) is 6.26 Å². The molecule has 3 N–H and O–H groups in total. The molecule has 0 aliphatic heterocycles. The topological polar surface area (TPSA) is 78.4 Å². The summed E-state index contributed by atoms with van der Waals surface area (Å²) in [6.45, 7) is 0.691. The molecule has 2 rings (SSSR count). The molecule has 20 heavy (non-hydrogen) atoms. The van der Waals surface area contributed by atoms with Gasteiger partial charge in [-0.05, 0) is 61.9 Å². The normalized spacial score (nSPS) is 19.7. The van der Waals surface area contributed by atoms with Crippen molar-refractivity contribution in [3.63, 3.8) is 0 Å². The van der Waals surface area contributed by atoms with Crippen LogP contribution in [0.2, 0.25) is 0 Å². The lowest BCUT2D eigenvalue weighted by molar-refractivity contribution is -0.139. The number of rotatable bonds is 9. The van der Waals surface area contributed by atoms with Gasteiger partial charge < -0.3 is 15.7 Å². The molecule has 6 heteroatoms. The number of amides is 2. The zero-order valence-electron chi connectivity index (χ0n) is 11.9. The minimum atomic E-state index is -0.963. The summed E-state index contributed by atoms with van der Waals surface area (Å²) in [4.78, 5) is 22.9. The summed E-state index contributed by atoms with van der Waals surface area (Å²) < 4.78 is 0. The third-order valence-electron chi connectivity index (χ3n) is 4.17. The molecule has 0 saturated heterocycles. The van der Waals surface area contributed by atoms with Crippen molar-refractivity contribution >= 4 is 23.8 Å². The smallest absolute Gasteiger partial charge is 0.326 e. The van der Waals surface area contributed by atoms with E-state index >= 15 is 0 Å². The van der Waals surface area contributed by atoms with Gasteiger partial charge in [-0.25, -0.2) is 9.59 Å². The van der Waals surface area contributed by atoms with Crippen LogP contribution in [0.4, 0.5) is 4.79 Å². The highest BCUT2D eigenvalue weighted by Crippen LogP contribution is 2.48.